The number of hydrogen-bond donors (Lipinski definition) is 0. The Kier molecular flexibility index (Phi) is 4.81. The number of carbonyl (C=O) groups excluding carboxylic acids is 2. The summed E-state index contributed by atoms with van der Waals surface area (Å²) in [5.41, 5.74) is 5.96. The third kappa shape index (κ3) is 3.18. The average molecular weight is 403 g/mol. The molecule has 1 aliphatic carbocycles. The highest BCUT2D eigenvalue weighted by atomic mass is 16.6. The normalized spacial score (nSPS) is 21.8. The predicted molar refractivity (Wildman–Crippen MR) is 113 cm³/mol. The van der Waals surface area contributed by atoms with Crippen LogP contribution in [0.1, 0.15) is 42.7 Å². The lowest BCUT2D eigenvalue weighted by Gasteiger charge is -2.35. The number of ether oxygens (including phenoxy) is 2. The van der Waals surface area contributed by atoms with Crippen LogP contribution in [0.15, 0.2) is 60.2 Å². The van der Waals surface area contributed by atoms with Gasteiger partial charge in [-0.1, -0.05) is 54.1 Å². The van der Waals surface area contributed by atoms with Crippen LogP contribution in [-0.2, 0) is 14.3 Å². The fourth-order valence-electron chi connectivity index (χ4n) is 5.36. The van der Waals surface area contributed by atoms with E-state index in [0.29, 0.717) is 6.61 Å². The summed E-state index contributed by atoms with van der Waals surface area (Å²) >= 11 is 0. The van der Waals surface area contributed by atoms with E-state index in [9.17, 15) is 9.59 Å². The Morgan fingerprint density at radius 2 is 1.53 bits per heavy atom. The lowest BCUT2D eigenvalue weighted by Crippen LogP contribution is -2.45. The molecule has 0 aromatic heterocycles. The number of benzene rings is 2. The van der Waals surface area contributed by atoms with Crippen LogP contribution in [0.5, 0.6) is 0 Å². The van der Waals surface area contributed by atoms with E-state index in [-0.39, 0.29) is 30.1 Å². The first kappa shape index (κ1) is 18.9. The lowest BCUT2D eigenvalue weighted by molar-refractivity contribution is -0.134. The molecule has 2 fully saturated rings. The molecule has 2 aromatic rings. The van der Waals surface area contributed by atoms with Crippen LogP contribution in [0, 0.1) is 0 Å². The molecule has 1 amide bonds. The molecular formula is C25H25NO4. The van der Waals surface area contributed by atoms with Crippen molar-refractivity contribution in [2.24, 2.45) is 0 Å². The Labute approximate surface area is 176 Å². The number of methoxy groups -OCH3 is 1. The minimum atomic E-state index is -0.320. The number of fused-ring (bicyclic) bond motifs is 5. The van der Waals surface area contributed by atoms with Gasteiger partial charge in [-0.25, -0.2) is 9.59 Å². The minimum Gasteiger partial charge on any atom is -0.466 e. The van der Waals surface area contributed by atoms with E-state index in [1.54, 1.807) is 6.08 Å². The molecule has 30 heavy (non-hydrogen) atoms. The second-order valence-corrected chi connectivity index (χ2v) is 8.33. The maximum absolute atomic E-state index is 13.0. The zero-order valence-electron chi connectivity index (χ0n) is 17.0. The van der Waals surface area contributed by atoms with Gasteiger partial charge in [0, 0.05) is 24.1 Å². The molecule has 2 aliphatic heterocycles. The van der Waals surface area contributed by atoms with E-state index in [0.717, 1.165) is 31.3 Å². The predicted octanol–water partition coefficient (Wildman–Crippen LogP) is 4.66. The molecule has 2 saturated heterocycles. The van der Waals surface area contributed by atoms with E-state index >= 15 is 0 Å². The second-order valence-electron chi connectivity index (χ2n) is 8.33. The molecule has 5 nitrogen and oxygen atoms in total. The van der Waals surface area contributed by atoms with E-state index in [1.165, 1.54) is 29.4 Å². The number of hydrogen-bond acceptors (Lipinski definition) is 4. The Bertz CT molecular complexity index is 966. The van der Waals surface area contributed by atoms with Crippen LogP contribution in [0.3, 0.4) is 0 Å². The van der Waals surface area contributed by atoms with E-state index in [4.69, 9.17) is 9.47 Å². The van der Waals surface area contributed by atoms with Crippen molar-refractivity contribution in [3.63, 3.8) is 0 Å². The molecule has 5 rings (SSSR count). The maximum atomic E-state index is 13.0. The van der Waals surface area contributed by atoms with Gasteiger partial charge in [0.1, 0.15) is 6.61 Å². The largest absolute Gasteiger partial charge is 0.466 e. The minimum absolute atomic E-state index is 0.0681. The number of piperidine rings is 1. The van der Waals surface area contributed by atoms with Gasteiger partial charge < -0.3 is 14.4 Å². The standard InChI is InChI=1S/C25H25NO4/c1-29-24(27)14-16-12-17-10-11-18(13-16)26(17)25(28)30-15-23-21-8-4-2-6-19(21)20-7-3-5-9-22(20)23/h2-9,14,17-18,23H,10-13,15H2,1H3. The van der Waals surface area contributed by atoms with Crippen molar-refractivity contribution in [2.75, 3.05) is 13.7 Å². The zero-order chi connectivity index (χ0) is 20.7. The fraction of sp³-hybridized carbons (Fsp3) is 0.360. The summed E-state index contributed by atoms with van der Waals surface area (Å²) in [7, 11) is 1.39. The topological polar surface area (TPSA) is 55.8 Å². The number of carbonyl (C=O) groups is 2. The van der Waals surface area contributed by atoms with Gasteiger partial charge in [0.25, 0.3) is 0 Å². The summed E-state index contributed by atoms with van der Waals surface area (Å²) in [6, 6.07) is 16.9. The SMILES string of the molecule is COC(=O)C=C1CC2CCC(C1)N2C(=O)OCC1c2ccccc2-c2ccccc21. The van der Waals surface area contributed by atoms with Crippen molar-refractivity contribution in [1.82, 2.24) is 4.90 Å². The fourth-order valence-corrected chi connectivity index (χ4v) is 5.36. The number of amides is 1. The van der Waals surface area contributed by atoms with Gasteiger partial charge in [-0.15, -0.1) is 0 Å². The van der Waals surface area contributed by atoms with Gasteiger partial charge in [-0.2, -0.15) is 0 Å². The lowest BCUT2D eigenvalue weighted by atomic mass is 9.96. The summed E-state index contributed by atoms with van der Waals surface area (Å²) in [6.07, 6.45) is 4.69. The number of esters is 1. The van der Waals surface area contributed by atoms with Crippen LogP contribution >= 0.6 is 0 Å². The Hall–Kier alpha value is -3.08. The molecule has 0 N–H and O–H groups in total. The summed E-state index contributed by atoms with van der Waals surface area (Å²) in [4.78, 5) is 26.5. The zero-order valence-corrected chi connectivity index (χ0v) is 17.0. The highest BCUT2D eigenvalue weighted by Crippen LogP contribution is 2.45. The quantitative estimate of drug-likeness (QED) is 0.552. The first-order valence-corrected chi connectivity index (χ1v) is 10.6. The summed E-state index contributed by atoms with van der Waals surface area (Å²) in [6.45, 7) is 0.341. The van der Waals surface area contributed by atoms with Gasteiger partial charge >= 0.3 is 12.1 Å². The first-order chi connectivity index (χ1) is 14.7. The molecule has 2 bridgehead atoms. The van der Waals surface area contributed by atoms with Crippen LogP contribution in [0.2, 0.25) is 0 Å². The summed E-state index contributed by atoms with van der Waals surface area (Å²) in [5.74, 6) is -0.252. The Balaban J connectivity index is 1.30. The van der Waals surface area contributed by atoms with Crippen LogP contribution < -0.4 is 0 Å². The summed E-state index contributed by atoms with van der Waals surface area (Å²) in [5, 5.41) is 0. The molecule has 0 radical (unpaired) electrons. The second kappa shape index (κ2) is 7.63. The van der Waals surface area contributed by atoms with Crippen molar-refractivity contribution in [3.8, 4) is 11.1 Å². The van der Waals surface area contributed by atoms with E-state index in [2.05, 4.69) is 36.4 Å². The molecule has 2 unspecified atom stereocenters. The highest BCUT2D eigenvalue weighted by Gasteiger charge is 2.42. The van der Waals surface area contributed by atoms with Crippen molar-refractivity contribution < 1.29 is 19.1 Å². The molecule has 154 valence electrons. The highest BCUT2D eigenvalue weighted by molar-refractivity contribution is 5.83. The van der Waals surface area contributed by atoms with Crippen molar-refractivity contribution in [1.29, 1.82) is 0 Å². The van der Waals surface area contributed by atoms with Gasteiger partial charge in [-0.3, -0.25) is 0 Å². The van der Waals surface area contributed by atoms with Gasteiger partial charge in [0.2, 0.25) is 0 Å². The monoisotopic (exact) mass is 403 g/mol. The van der Waals surface area contributed by atoms with E-state index in [1.807, 2.05) is 17.0 Å². The number of nitrogens with zero attached hydrogens (tertiary/aromatic N) is 1. The van der Waals surface area contributed by atoms with Crippen molar-refractivity contribution in [3.05, 3.63) is 71.3 Å². The van der Waals surface area contributed by atoms with Gasteiger partial charge in [0.15, 0.2) is 0 Å². The molecule has 2 aromatic carbocycles. The third-order valence-electron chi connectivity index (χ3n) is 6.69. The summed E-state index contributed by atoms with van der Waals surface area (Å²) < 4.78 is 10.6. The molecule has 2 atom stereocenters. The first-order valence-electron chi connectivity index (χ1n) is 10.6. The Morgan fingerprint density at radius 3 is 2.10 bits per heavy atom. The van der Waals surface area contributed by atoms with Crippen LogP contribution in [0.4, 0.5) is 4.79 Å². The van der Waals surface area contributed by atoms with Crippen LogP contribution in [-0.4, -0.2) is 42.8 Å². The molecule has 2 heterocycles. The molecule has 3 aliphatic rings. The molecule has 0 saturated carbocycles. The number of rotatable bonds is 3. The van der Waals surface area contributed by atoms with Gasteiger partial charge in [0.05, 0.1) is 7.11 Å². The smallest absolute Gasteiger partial charge is 0.410 e. The van der Waals surface area contributed by atoms with Crippen molar-refractivity contribution >= 4 is 12.1 Å². The van der Waals surface area contributed by atoms with E-state index < -0.39 is 0 Å². The van der Waals surface area contributed by atoms with Crippen molar-refractivity contribution in [2.45, 2.75) is 43.7 Å². The molecule has 5 heteroatoms. The average Bonchev–Trinajstić information content (AvgIpc) is 3.23. The molecular weight excluding hydrogens is 378 g/mol. The molecule has 0 spiro atoms. The van der Waals surface area contributed by atoms with Gasteiger partial charge in [-0.05, 0) is 47.9 Å². The third-order valence-corrected chi connectivity index (χ3v) is 6.69. The Morgan fingerprint density at radius 1 is 0.967 bits per heavy atom. The van der Waals surface area contributed by atoms with Crippen LogP contribution in [0.25, 0.3) is 11.1 Å². The maximum Gasteiger partial charge on any atom is 0.410 e.